The van der Waals surface area contributed by atoms with E-state index in [9.17, 15) is 20.2 Å². The molecule has 9 heteroatoms. The number of hydrazone groups is 1. The van der Waals surface area contributed by atoms with Crippen LogP contribution in [0.1, 0.15) is 5.56 Å². The predicted molar refractivity (Wildman–Crippen MR) is 109 cm³/mol. The Labute approximate surface area is 164 Å². The van der Waals surface area contributed by atoms with Crippen LogP contribution >= 0.6 is 0 Å². The fourth-order valence-corrected chi connectivity index (χ4v) is 2.70. The van der Waals surface area contributed by atoms with Gasteiger partial charge in [-0.15, -0.1) is 6.42 Å². The average Bonchev–Trinajstić information content (AvgIpc) is 2.72. The first-order chi connectivity index (χ1) is 14.0. The number of nitro benzene ring substituents is 2. The highest BCUT2D eigenvalue weighted by molar-refractivity contribution is 6.02. The van der Waals surface area contributed by atoms with Crippen LogP contribution < -0.4 is 10.2 Å². The molecule has 9 nitrogen and oxygen atoms in total. The second kappa shape index (κ2) is 8.49. The van der Waals surface area contributed by atoms with Gasteiger partial charge in [0.1, 0.15) is 18.0 Å². The normalized spacial score (nSPS) is 10.6. The molecule has 0 atom stereocenters. The van der Waals surface area contributed by atoms with E-state index in [1.807, 2.05) is 30.3 Å². The molecule has 0 saturated carbocycles. The minimum Gasteiger partial charge on any atom is -0.480 e. The quantitative estimate of drug-likeness (QED) is 0.280. The van der Waals surface area contributed by atoms with Crippen molar-refractivity contribution in [3.63, 3.8) is 0 Å². The van der Waals surface area contributed by atoms with Crippen molar-refractivity contribution in [2.45, 2.75) is 0 Å². The molecule has 3 aromatic rings. The summed E-state index contributed by atoms with van der Waals surface area (Å²) in [6.07, 6.45) is 6.72. The molecule has 0 aliphatic rings. The summed E-state index contributed by atoms with van der Waals surface area (Å²) >= 11 is 0. The molecule has 0 aliphatic carbocycles. The van der Waals surface area contributed by atoms with Gasteiger partial charge in [0.15, 0.2) is 0 Å². The van der Waals surface area contributed by atoms with Crippen molar-refractivity contribution < 1.29 is 14.6 Å². The Hall–Kier alpha value is -4.45. The van der Waals surface area contributed by atoms with Gasteiger partial charge in [0.2, 0.25) is 0 Å². The molecule has 0 amide bonds. The van der Waals surface area contributed by atoms with E-state index in [2.05, 4.69) is 16.4 Å². The van der Waals surface area contributed by atoms with Gasteiger partial charge in [0.25, 0.3) is 5.69 Å². The molecule has 0 aromatic heterocycles. The molecule has 0 heterocycles. The number of terminal acetylenes is 1. The minimum absolute atomic E-state index is 0.0168. The largest absolute Gasteiger partial charge is 0.480 e. The highest BCUT2D eigenvalue weighted by Crippen LogP contribution is 2.30. The van der Waals surface area contributed by atoms with Gasteiger partial charge in [-0.2, -0.15) is 5.10 Å². The summed E-state index contributed by atoms with van der Waals surface area (Å²) in [6, 6.07) is 14.5. The smallest absolute Gasteiger partial charge is 0.301 e. The lowest BCUT2D eigenvalue weighted by molar-refractivity contribution is -0.393. The summed E-state index contributed by atoms with van der Waals surface area (Å²) in [7, 11) is 0. The number of rotatable bonds is 7. The number of nitrogens with zero attached hydrogens (tertiary/aromatic N) is 3. The van der Waals surface area contributed by atoms with Crippen LogP contribution in [0.25, 0.3) is 10.8 Å². The van der Waals surface area contributed by atoms with Crippen LogP contribution in [-0.4, -0.2) is 22.7 Å². The SMILES string of the molecule is C#CCOc1ccc2ccccc2c1/C=N/Nc1ccc([N+](=O)[O-])cc1[N+](=O)[O-]. The lowest BCUT2D eigenvalue weighted by Crippen LogP contribution is -2.01. The molecular formula is C20H14N4O5. The van der Waals surface area contributed by atoms with Crippen LogP contribution in [0, 0.1) is 32.6 Å². The van der Waals surface area contributed by atoms with Crippen molar-refractivity contribution in [2.75, 3.05) is 12.0 Å². The molecule has 1 N–H and O–H groups in total. The Morgan fingerprint density at radius 3 is 2.62 bits per heavy atom. The maximum atomic E-state index is 11.2. The maximum absolute atomic E-state index is 11.2. The topological polar surface area (TPSA) is 120 Å². The Morgan fingerprint density at radius 2 is 1.90 bits per heavy atom. The molecule has 144 valence electrons. The highest BCUT2D eigenvalue weighted by Gasteiger charge is 2.19. The molecule has 3 rings (SSSR count). The summed E-state index contributed by atoms with van der Waals surface area (Å²) in [6.45, 7) is 0.0699. The first kappa shape index (κ1) is 19.3. The van der Waals surface area contributed by atoms with Gasteiger partial charge >= 0.3 is 5.69 Å². The van der Waals surface area contributed by atoms with Gasteiger partial charge in [-0.25, -0.2) is 0 Å². The van der Waals surface area contributed by atoms with E-state index in [1.54, 1.807) is 6.07 Å². The van der Waals surface area contributed by atoms with Gasteiger partial charge in [-0.05, 0) is 22.9 Å². The molecule has 3 aromatic carbocycles. The number of nitro groups is 2. The number of hydrogen-bond acceptors (Lipinski definition) is 7. The first-order valence-electron chi connectivity index (χ1n) is 8.31. The lowest BCUT2D eigenvalue weighted by atomic mass is 10.0. The van der Waals surface area contributed by atoms with Gasteiger partial charge in [-0.3, -0.25) is 25.7 Å². The maximum Gasteiger partial charge on any atom is 0.301 e. The Balaban J connectivity index is 1.96. The minimum atomic E-state index is -0.718. The van der Waals surface area contributed by atoms with Crippen molar-refractivity contribution in [3.8, 4) is 18.1 Å². The van der Waals surface area contributed by atoms with E-state index in [-0.39, 0.29) is 18.0 Å². The number of fused-ring (bicyclic) bond motifs is 1. The second-order valence-electron chi connectivity index (χ2n) is 5.78. The van der Waals surface area contributed by atoms with E-state index in [0.717, 1.165) is 22.9 Å². The van der Waals surface area contributed by atoms with Crippen molar-refractivity contribution in [3.05, 3.63) is 80.4 Å². The van der Waals surface area contributed by atoms with E-state index in [0.29, 0.717) is 11.3 Å². The lowest BCUT2D eigenvalue weighted by Gasteiger charge is -2.10. The highest BCUT2D eigenvalue weighted by atomic mass is 16.6. The van der Waals surface area contributed by atoms with Crippen molar-refractivity contribution >= 4 is 34.0 Å². The number of non-ortho nitro benzene ring substituents is 1. The summed E-state index contributed by atoms with van der Waals surface area (Å²) < 4.78 is 5.56. The fraction of sp³-hybridized carbons (Fsp3) is 0.0500. The van der Waals surface area contributed by atoms with Gasteiger partial charge in [-0.1, -0.05) is 36.3 Å². The third kappa shape index (κ3) is 4.28. The summed E-state index contributed by atoms with van der Waals surface area (Å²) in [5.41, 5.74) is 2.37. The van der Waals surface area contributed by atoms with Crippen molar-refractivity contribution in [2.24, 2.45) is 5.10 Å². The monoisotopic (exact) mass is 390 g/mol. The Bertz CT molecular complexity index is 1170. The standard InChI is InChI=1S/C20H14N4O5/c1-2-11-29-20-10-7-14-5-3-4-6-16(14)17(20)13-21-22-18-9-8-15(23(25)26)12-19(18)24(27)28/h1,3-10,12-13,22H,11H2/b21-13+. The van der Waals surface area contributed by atoms with Crippen LogP contribution in [0.5, 0.6) is 5.75 Å². The Morgan fingerprint density at radius 1 is 1.10 bits per heavy atom. The average molecular weight is 390 g/mol. The van der Waals surface area contributed by atoms with Gasteiger partial charge in [0, 0.05) is 11.6 Å². The number of hydrogen-bond donors (Lipinski definition) is 1. The molecule has 0 unspecified atom stereocenters. The Kier molecular flexibility index (Phi) is 5.66. The van der Waals surface area contributed by atoms with E-state index in [4.69, 9.17) is 11.2 Å². The zero-order chi connectivity index (χ0) is 20.8. The van der Waals surface area contributed by atoms with Crippen LogP contribution in [0.4, 0.5) is 17.1 Å². The van der Waals surface area contributed by atoms with E-state index >= 15 is 0 Å². The molecule has 0 spiro atoms. The number of anilines is 1. The summed E-state index contributed by atoms with van der Waals surface area (Å²) in [5.74, 6) is 2.90. The number of nitrogens with one attached hydrogen (secondary N) is 1. The second-order valence-corrected chi connectivity index (χ2v) is 5.78. The molecule has 0 aliphatic heterocycles. The molecule has 29 heavy (non-hydrogen) atoms. The zero-order valence-electron chi connectivity index (χ0n) is 14.9. The molecule has 0 saturated heterocycles. The molecule has 0 fully saturated rings. The van der Waals surface area contributed by atoms with Gasteiger partial charge < -0.3 is 4.74 Å². The summed E-state index contributed by atoms with van der Waals surface area (Å²) in [5, 5.41) is 27.9. The summed E-state index contributed by atoms with van der Waals surface area (Å²) in [4.78, 5) is 20.6. The molecule has 0 radical (unpaired) electrons. The first-order valence-corrected chi connectivity index (χ1v) is 8.31. The fourth-order valence-electron chi connectivity index (χ4n) is 2.70. The van der Waals surface area contributed by atoms with Crippen LogP contribution in [0.15, 0.2) is 59.7 Å². The predicted octanol–water partition coefficient (Wildman–Crippen LogP) is 4.11. The molecule has 0 bridgehead atoms. The van der Waals surface area contributed by atoms with Crippen molar-refractivity contribution in [1.82, 2.24) is 0 Å². The van der Waals surface area contributed by atoms with Crippen molar-refractivity contribution in [1.29, 1.82) is 0 Å². The number of ether oxygens (including phenoxy) is 1. The zero-order valence-corrected chi connectivity index (χ0v) is 14.9. The van der Waals surface area contributed by atoms with Gasteiger partial charge in [0.05, 0.1) is 22.1 Å². The molecular weight excluding hydrogens is 376 g/mol. The number of benzene rings is 3. The van der Waals surface area contributed by atoms with Crippen LogP contribution in [-0.2, 0) is 0 Å². The van der Waals surface area contributed by atoms with E-state index in [1.165, 1.54) is 12.3 Å². The third-order valence-corrected chi connectivity index (χ3v) is 4.01. The van der Waals surface area contributed by atoms with Crippen LogP contribution in [0.2, 0.25) is 0 Å². The van der Waals surface area contributed by atoms with Crippen LogP contribution in [0.3, 0.4) is 0 Å². The third-order valence-electron chi connectivity index (χ3n) is 4.01. The van der Waals surface area contributed by atoms with E-state index < -0.39 is 15.5 Å².